The summed E-state index contributed by atoms with van der Waals surface area (Å²) in [5, 5.41) is 19.6. The molecule has 1 rings (SSSR count). The summed E-state index contributed by atoms with van der Waals surface area (Å²) in [5.41, 5.74) is 0.225. The molecular formula is C14H17NO6. The highest BCUT2D eigenvalue weighted by Gasteiger charge is 2.23. The van der Waals surface area contributed by atoms with Crippen molar-refractivity contribution >= 4 is 17.8 Å². The smallest absolute Gasteiger partial charge is 0.326 e. The van der Waals surface area contributed by atoms with Crippen LogP contribution in [-0.2, 0) is 9.59 Å². The minimum Gasteiger partial charge on any atom is -0.491 e. The Bertz CT molecular complexity index is 523. The highest BCUT2D eigenvalue weighted by atomic mass is 16.5. The first-order chi connectivity index (χ1) is 9.79. The summed E-state index contributed by atoms with van der Waals surface area (Å²) in [6, 6.07) is 4.66. The molecule has 1 unspecified atom stereocenters. The average molecular weight is 295 g/mol. The minimum atomic E-state index is -1.47. The molecule has 114 valence electrons. The van der Waals surface area contributed by atoms with Gasteiger partial charge in [-0.2, -0.15) is 0 Å². The molecule has 3 N–H and O–H groups in total. The normalized spacial score (nSPS) is 11.8. The SMILES string of the molecule is CC(C)Oc1ccc(C(=O)NC(CC(=O)O)C(=O)O)cc1. The molecule has 7 heteroatoms. The van der Waals surface area contributed by atoms with Crippen molar-refractivity contribution in [1.82, 2.24) is 5.32 Å². The van der Waals surface area contributed by atoms with Gasteiger partial charge in [0.25, 0.3) is 5.91 Å². The number of aliphatic carboxylic acids is 2. The van der Waals surface area contributed by atoms with Crippen LogP contribution in [0.15, 0.2) is 24.3 Å². The zero-order chi connectivity index (χ0) is 16.0. The van der Waals surface area contributed by atoms with Crippen LogP contribution in [0.2, 0.25) is 0 Å². The molecule has 0 fully saturated rings. The Kier molecular flexibility index (Phi) is 5.71. The molecule has 1 aromatic rings. The predicted molar refractivity (Wildman–Crippen MR) is 73.3 cm³/mol. The van der Waals surface area contributed by atoms with Crippen LogP contribution in [0, 0.1) is 0 Å². The first-order valence-electron chi connectivity index (χ1n) is 6.31. The Morgan fingerprint density at radius 1 is 1.14 bits per heavy atom. The summed E-state index contributed by atoms with van der Waals surface area (Å²) in [5.74, 6) is -2.77. The van der Waals surface area contributed by atoms with Gasteiger partial charge in [0, 0.05) is 5.56 Å². The summed E-state index contributed by atoms with van der Waals surface area (Å²) in [7, 11) is 0. The standard InChI is InChI=1S/C14H17NO6/c1-8(2)21-10-5-3-9(4-6-10)13(18)15-11(14(19)20)7-12(16)17/h3-6,8,11H,7H2,1-2H3,(H,15,18)(H,16,17)(H,19,20). The van der Waals surface area contributed by atoms with Crippen molar-refractivity contribution in [1.29, 1.82) is 0 Å². The van der Waals surface area contributed by atoms with Gasteiger partial charge in [-0.05, 0) is 38.1 Å². The molecule has 7 nitrogen and oxygen atoms in total. The van der Waals surface area contributed by atoms with Gasteiger partial charge < -0.3 is 20.3 Å². The van der Waals surface area contributed by atoms with Gasteiger partial charge in [-0.3, -0.25) is 9.59 Å². The van der Waals surface area contributed by atoms with Crippen LogP contribution >= 0.6 is 0 Å². The fraction of sp³-hybridized carbons (Fsp3) is 0.357. The van der Waals surface area contributed by atoms with Gasteiger partial charge in [0.2, 0.25) is 0 Å². The molecule has 0 aliphatic carbocycles. The summed E-state index contributed by atoms with van der Waals surface area (Å²) in [6.07, 6.45) is -0.688. The zero-order valence-electron chi connectivity index (χ0n) is 11.7. The molecule has 0 aromatic heterocycles. The maximum Gasteiger partial charge on any atom is 0.326 e. The van der Waals surface area contributed by atoms with E-state index in [1.807, 2.05) is 13.8 Å². The van der Waals surface area contributed by atoms with Crippen LogP contribution in [0.5, 0.6) is 5.75 Å². The third kappa shape index (κ3) is 5.52. The number of hydrogen-bond donors (Lipinski definition) is 3. The van der Waals surface area contributed by atoms with Gasteiger partial charge in [0.15, 0.2) is 0 Å². The van der Waals surface area contributed by atoms with Crippen molar-refractivity contribution in [3.8, 4) is 5.75 Å². The number of carboxylic acid groups (broad SMARTS) is 2. The van der Waals surface area contributed by atoms with Gasteiger partial charge >= 0.3 is 11.9 Å². The molecule has 1 atom stereocenters. The van der Waals surface area contributed by atoms with Crippen LogP contribution in [0.25, 0.3) is 0 Å². The Morgan fingerprint density at radius 2 is 1.71 bits per heavy atom. The van der Waals surface area contributed by atoms with Crippen molar-refractivity contribution in [2.75, 3.05) is 0 Å². The Morgan fingerprint density at radius 3 is 2.14 bits per heavy atom. The maximum absolute atomic E-state index is 11.9. The number of carbonyl (C=O) groups excluding carboxylic acids is 1. The first-order valence-corrected chi connectivity index (χ1v) is 6.31. The van der Waals surface area contributed by atoms with E-state index in [1.165, 1.54) is 12.1 Å². The van der Waals surface area contributed by atoms with Crippen LogP contribution in [-0.4, -0.2) is 40.2 Å². The quantitative estimate of drug-likeness (QED) is 0.695. The van der Waals surface area contributed by atoms with Gasteiger partial charge in [-0.1, -0.05) is 0 Å². The number of rotatable bonds is 7. The lowest BCUT2D eigenvalue weighted by Gasteiger charge is -2.13. The van der Waals surface area contributed by atoms with Crippen molar-refractivity contribution in [2.45, 2.75) is 32.4 Å². The number of carbonyl (C=O) groups is 3. The third-order valence-electron chi connectivity index (χ3n) is 2.47. The number of nitrogens with one attached hydrogen (secondary N) is 1. The van der Waals surface area contributed by atoms with E-state index < -0.39 is 30.3 Å². The van der Waals surface area contributed by atoms with Crippen LogP contribution in [0.3, 0.4) is 0 Å². The second kappa shape index (κ2) is 7.28. The molecule has 0 aliphatic rings. The van der Waals surface area contributed by atoms with Crippen LogP contribution in [0.4, 0.5) is 0 Å². The summed E-state index contributed by atoms with van der Waals surface area (Å²) in [4.78, 5) is 33.3. The number of ether oxygens (including phenoxy) is 1. The molecular weight excluding hydrogens is 278 g/mol. The molecule has 0 saturated carbocycles. The van der Waals surface area contributed by atoms with E-state index in [4.69, 9.17) is 14.9 Å². The number of amides is 1. The van der Waals surface area contributed by atoms with E-state index in [0.29, 0.717) is 5.75 Å². The highest BCUT2D eigenvalue weighted by Crippen LogP contribution is 2.14. The molecule has 0 spiro atoms. The monoisotopic (exact) mass is 295 g/mol. The second-order valence-electron chi connectivity index (χ2n) is 4.65. The molecule has 1 amide bonds. The zero-order valence-corrected chi connectivity index (χ0v) is 11.7. The van der Waals surface area contributed by atoms with Crippen LogP contribution in [0.1, 0.15) is 30.6 Å². The fourth-order valence-corrected chi connectivity index (χ4v) is 1.57. The summed E-state index contributed by atoms with van der Waals surface area (Å²) in [6.45, 7) is 3.73. The van der Waals surface area contributed by atoms with Gasteiger partial charge in [0.1, 0.15) is 11.8 Å². The lowest BCUT2D eigenvalue weighted by molar-refractivity contribution is -0.145. The predicted octanol–water partition coefficient (Wildman–Crippen LogP) is 1.13. The largest absolute Gasteiger partial charge is 0.491 e. The molecule has 1 aromatic carbocycles. The summed E-state index contributed by atoms with van der Waals surface area (Å²) < 4.78 is 5.42. The van der Waals surface area contributed by atoms with Crippen molar-refractivity contribution < 1.29 is 29.3 Å². The van der Waals surface area contributed by atoms with E-state index in [1.54, 1.807) is 12.1 Å². The maximum atomic E-state index is 11.9. The highest BCUT2D eigenvalue weighted by molar-refractivity contribution is 5.97. The number of hydrogen-bond acceptors (Lipinski definition) is 4. The van der Waals surface area contributed by atoms with Crippen molar-refractivity contribution in [3.05, 3.63) is 29.8 Å². The van der Waals surface area contributed by atoms with Crippen molar-refractivity contribution in [3.63, 3.8) is 0 Å². The Hall–Kier alpha value is -2.57. The minimum absolute atomic E-state index is 0.00312. The van der Waals surface area contributed by atoms with E-state index in [2.05, 4.69) is 5.32 Å². The lowest BCUT2D eigenvalue weighted by atomic mass is 10.1. The molecule has 0 aliphatic heterocycles. The van der Waals surface area contributed by atoms with Crippen LogP contribution < -0.4 is 10.1 Å². The second-order valence-corrected chi connectivity index (χ2v) is 4.65. The Balaban J connectivity index is 2.73. The van der Waals surface area contributed by atoms with Gasteiger partial charge in [-0.15, -0.1) is 0 Å². The molecule has 0 bridgehead atoms. The number of benzene rings is 1. The van der Waals surface area contributed by atoms with E-state index >= 15 is 0 Å². The van der Waals surface area contributed by atoms with E-state index in [9.17, 15) is 14.4 Å². The first kappa shape index (κ1) is 16.5. The van der Waals surface area contributed by atoms with Gasteiger partial charge in [-0.25, -0.2) is 4.79 Å². The summed E-state index contributed by atoms with van der Waals surface area (Å²) >= 11 is 0. The van der Waals surface area contributed by atoms with Crippen molar-refractivity contribution in [2.24, 2.45) is 0 Å². The lowest BCUT2D eigenvalue weighted by Crippen LogP contribution is -2.42. The molecule has 0 saturated heterocycles. The third-order valence-corrected chi connectivity index (χ3v) is 2.47. The van der Waals surface area contributed by atoms with E-state index in [-0.39, 0.29) is 11.7 Å². The average Bonchev–Trinajstić information content (AvgIpc) is 2.37. The molecule has 0 heterocycles. The fourth-order valence-electron chi connectivity index (χ4n) is 1.57. The molecule has 0 radical (unpaired) electrons. The van der Waals surface area contributed by atoms with E-state index in [0.717, 1.165) is 0 Å². The topological polar surface area (TPSA) is 113 Å². The molecule has 21 heavy (non-hydrogen) atoms. The number of carboxylic acids is 2. The Labute approximate surface area is 121 Å². The van der Waals surface area contributed by atoms with Gasteiger partial charge in [0.05, 0.1) is 12.5 Å².